The average Bonchev–Trinajstić information content (AvgIpc) is 2.84. The van der Waals surface area contributed by atoms with E-state index in [9.17, 15) is 9.59 Å². The third kappa shape index (κ3) is 8.28. The van der Waals surface area contributed by atoms with Gasteiger partial charge in [-0.1, -0.05) is 41.4 Å². The monoisotopic (exact) mass is 577 g/mol. The zero-order valence-corrected chi connectivity index (χ0v) is 21.8. The van der Waals surface area contributed by atoms with E-state index in [-0.39, 0.29) is 24.7 Å². The van der Waals surface area contributed by atoms with Crippen LogP contribution in [0.1, 0.15) is 24.0 Å². The summed E-state index contributed by atoms with van der Waals surface area (Å²) >= 11 is 15.4. The Balaban J connectivity index is 1.44. The van der Waals surface area contributed by atoms with Gasteiger partial charge in [-0.2, -0.15) is 5.10 Å². The standard InChI is InChI=1S/C25H22BrCl2N3O4/c1-34-23-5-3-2-4-21(23)30-24(32)10-11-25(33)31-29-14-16-7-9-22(18(26)12-16)35-15-17-6-8-19(27)20(28)13-17/h2-9,12-14H,10-11,15H2,1H3,(H,30,32)(H,31,33). The quantitative estimate of drug-likeness (QED) is 0.221. The smallest absolute Gasteiger partial charge is 0.240 e. The second-order valence-electron chi connectivity index (χ2n) is 7.27. The minimum absolute atomic E-state index is 0.00974. The summed E-state index contributed by atoms with van der Waals surface area (Å²) < 4.78 is 11.7. The number of nitrogens with one attached hydrogen (secondary N) is 2. The Kier molecular flexibility index (Phi) is 9.96. The number of benzene rings is 3. The van der Waals surface area contributed by atoms with Crippen molar-refractivity contribution in [2.75, 3.05) is 12.4 Å². The first kappa shape index (κ1) is 26.5. The van der Waals surface area contributed by atoms with Crippen molar-refractivity contribution in [2.24, 2.45) is 5.10 Å². The van der Waals surface area contributed by atoms with Crippen molar-refractivity contribution in [2.45, 2.75) is 19.4 Å². The number of carbonyl (C=O) groups excluding carboxylic acids is 2. The second kappa shape index (κ2) is 13.1. The molecule has 0 unspecified atom stereocenters. The summed E-state index contributed by atoms with van der Waals surface area (Å²) in [6, 6.07) is 17.8. The number of hydrogen-bond donors (Lipinski definition) is 2. The van der Waals surface area contributed by atoms with Gasteiger partial charge in [-0.25, -0.2) is 5.43 Å². The van der Waals surface area contributed by atoms with Crippen molar-refractivity contribution in [3.05, 3.63) is 86.3 Å². The van der Waals surface area contributed by atoms with Crippen molar-refractivity contribution >= 4 is 62.8 Å². The molecule has 0 saturated heterocycles. The van der Waals surface area contributed by atoms with Gasteiger partial charge < -0.3 is 14.8 Å². The van der Waals surface area contributed by atoms with Crippen LogP contribution in [-0.2, 0) is 16.2 Å². The highest BCUT2D eigenvalue weighted by atomic mass is 79.9. The first-order valence-corrected chi connectivity index (χ1v) is 12.0. The van der Waals surface area contributed by atoms with Gasteiger partial charge in [0.25, 0.3) is 0 Å². The SMILES string of the molecule is COc1ccccc1NC(=O)CCC(=O)NN=Cc1ccc(OCc2ccc(Cl)c(Cl)c2)c(Br)c1. The maximum atomic E-state index is 12.1. The molecule has 0 aliphatic carbocycles. The summed E-state index contributed by atoms with van der Waals surface area (Å²) in [4.78, 5) is 24.1. The summed E-state index contributed by atoms with van der Waals surface area (Å²) in [5, 5.41) is 7.63. The summed E-state index contributed by atoms with van der Waals surface area (Å²) in [7, 11) is 1.52. The maximum Gasteiger partial charge on any atom is 0.240 e. The molecule has 0 radical (unpaired) electrons. The second-order valence-corrected chi connectivity index (χ2v) is 8.94. The molecule has 0 aliphatic heterocycles. The van der Waals surface area contributed by atoms with Gasteiger partial charge in [-0.3, -0.25) is 9.59 Å². The lowest BCUT2D eigenvalue weighted by Gasteiger charge is -2.10. The van der Waals surface area contributed by atoms with E-state index in [4.69, 9.17) is 32.7 Å². The zero-order valence-electron chi connectivity index (χ0n) is 18.7. The maximum absolute atomic E-state index is 12.1. The fraction of sp³-hybridized carbons (Fsp3) is 0.160. The number of rotatable bonds is 10. The molecule has 182 valence electrons. The van der Waals surface area contributed by atoms with Crippen LogP contribution >= 0.6 is 39.1 Å². The van der Waals surface area contributed by atoms with Crippen LogP contribution < -0.4 is 20.2 Å². The van der Waals surface area contributed by atoms with Crippen LogP contribution in [0.5, 0.6) is 11.5 Å². The van der Waals surface area contributed by atoms with Crippen molar-refractivity contribution in [3.63, 3.8) is 0 Å². The normalized spacial score (nSPS) is 10.7. The molecule has 0 atom stereocenters. The Labute approximate surface area is 221 Å². The number of nitrogens with zero attached hydrogens (tertiary/aromatic N) is 1. The molecule has 7 nitrogen and oxygen atoms in total. The molecule has 0 fully saturated rings. The third-order valence-corrected chi connectivity index (χ3v) is 6.06. The van der Waals surface area contributed by atoms with Gasteiger partial charge >= 0.3 is 0 Å². The third-order valence-electron chi connectivity index (χ3n) is 4.70. The fourth-order valence-electron chi connectivity index (χ4n) is 2.93. The number of hydrazone groups is 1. The first-order valence-electron chi connectivity index (χ1n) is 10.5. The molecule has 2 amide bonds. The molecular formula is C25H22BrCl2N3O4. The van der Waals surface area contributed by atoms with Gasteiger partial charge in [0, 0.05) is 12.8 Å². The van der Waals surface area contributed by atoms with Crippen LogP contribution in [0.25, 0.3) is 0 Å². The van der Waals surface area contributed by atoms with E-state index in [2.05, 4.69) is 31.8 Å². The van der Waals surface area contributed by atoms with Crippen molar-refractivity contribution in [1.82, 2.24) is 5.43 Å². The highest BCUT2D eigenvalue weighted by molar-refractivity contribution is 9.10. The van der Waals surface area contributed by atoms with E-state index in [1.165, 1.54) is 13.3 Å². The molecule has 0 aliphatic rings. The Morgan fingerprint density at radius 2 is 1.74 bits per heavy atom. The Bertz CT molecular complexity index is 1240. The number of amides is 2. The molecule has 0 bridgehead atoms. The van der Waals surface area contributed by atoms with Crippen LogP contribution in [0, 0.1) is 0 Å². The van der Waals surface area contributed by atoms with Crippen molar-refractivity contribution in [3.8, 4) is 11.5 Å². The number of hydrogen-bond acceptors (Lipinski definition) is 5. The van der Waals surface area contributed by atoms with Crippen LogP contribution in [0.2, 0.25) is 10.0 Å². The van der Waals surface area contributed by atoms with E-state index >= 15 is 0 Å². The van der Waals surface area contributed by atoms with Gasteiger partial charge in [0.05, 0.1) is 33.5 Å². The topological polar surface area (TPSA) is 89.0 Å². The summed E-state index contributed by atoms with van der Waals surface area (Å²) in [5.41, 5.74) is 4.60. The van der Waals surface area contributed by atoms with E-state index in [1.54, 1.807) is 54.6 Å². The molecule has 3 aromatic rings. The van der Waals surface area contributed by atoms with E-state index in [0.29, 0.717) is 33.8 Å². The predicted molar refractivity (Wildman–Crippen MR) is 142 cm³/mol. The molecule has 0 spiro atoms. The van der Waals surface area contributed by atoms with E-state index < -0.39 is 0 Å². The number of carbonyl (C=O) groups is 2. The minimum Gasteiger partial charge on any atom is -0.495 e. The Morgan fingerprint density at radius 3 is 2.49 bits per heavy atom. The molecule has 2 N–H and O–H groups in total. The average molecular weight is 579 g/mol. The lowest BCUT2D eigenvalue weighted by Crippen LogP contribution is -2.20. The molecule has 3 aromatic carbocycles. The predicted octanol–water partition coefficient (Wildman–Crippen LogP) is 6.21. The largest absolute Gasteiger partial charge is 0.495 e. The van der Waals surface area contributed by atoms with Crippen LogP contribution in [0.3, 0.4) is 0 Å². The molecule has 35 heavy (non-hydrogen) atoms. The van der Waals surface area contributed by atoms with Crippen LogP contribution in [-0.4, -0.2) is 25.1 Å². The van der Waals surface area contributed by atoms with Gasteiger partial charge in [-0.15, -0.1) is 0 Å². The van der Waals surface area contributed by atoms with Crippen LogP contribution in [0.15, 0.2) is 70.2 Å². The molecule has 3 rings (SSSR count). The lowest BCUT2D eigenvalue weighted by molar-refractivity contribution is -0.124. The zero-order chi connectivity index (χ0) is 25.2. The number of ether oxygens (including phenoxy) is 2. The minimum atomic E-state index is -0.378. The molecule has 0 aromatic heterocycles. The molecular weight excluding hydrogens is 557 g/mol. The Hall–Kier alpha value is -3.07. The van der Waals surface area contributed by atoms with Gasteiger partial charge in [0.15, 0.2) is 0 Å². The highest BCUT2D eigenvalue weighted by Crippen LogP contribution is 2.28. The van der Waals surface area contributed by atoms with Crippen molar-refractivity contribution in [1.29, 1.82) is 0 Å². The number of methoxy groups -OCH3 is 1. The molecule has 10 heteroatoms. The van der Waals surface area contributed by atoms with Gasteiger partial charge in [0.1, 0.15) is 18.1 Å². The van der Waals surface area contributed by atoms with Crippen LogP contribution in [0.4, 0.5) is 5.69 Å². The number of para-hydroxylation sites is 2. The van der Waals surface area contributed by atoms with Crippen molar-refractivity contribution < 1.29 is 19.1 Å². The van der Waals surface area contributed by atoms with E-state index in [1.807, 2.05) is 6.07 Å². The summed E-state index contributed by atoms with van der Waals surface area (Å²) in [6.07, 6.45) is 1.50. The highest BCUT2D eigenvalue weighted by Gasteiger charge is 2.09. The lowest BCUT2D eigenvalue weighted by atomic mass is 10.2. The molecule has 0 heterocycles. The number of halogens is 3. The summed E-state index contributed by atoms with van der Waals surface area (Å²) in [5.74, 6) is 0.510. The molecule has 0 saturated carbocycles. The Morgan fingerprint density at radius 1 is 0.971 bits per heavy atom. The van der Waals surface area contributed by atoms with Gasteiger partial charge in [0.2, 0.25) is 11.8 Å². The summed E-state index contributed by atoms with van der Waals surface area (Å²) in [6.45, 7) is 0.323. The fourth-order valence-corrected chi connectivity index (χ4v) is 3.76. The number of anilines is 1. The first-order chi connectivity index (χ1) is 16.9. The van der Waals surface area contributed by atoms with Gasteiger partial charge in [-0.05, 0) is 69.5 Å². The van der Waals surface area contributed by atoms with E-state index in [0.717, 1.165) is 15.6 Å².